The Morgan fingerprint density at radius 2 is 2.05 bits per heavy atom. The molecule has 1 aliphatic heterocycles. The normalized spacial score (nSPS) is 14.5. The topological polar surface area (TPSA) is 69.6 Å². The van der Waals surface area contributed by atoms with Crippen molar-refractivity contribution in [1.82, 2.24) is 5.32 Å². The smallest absolute Gasteiger partial charge is 0.336 e. The highest BCUT2D eigenvalue weighted by atomic mass is 16.4. The van der Waals surface area contributed by atoms with Crippen molar-refractivity contribution in [2.45, 2.75) is 33.6 Å². The number of nitrogens with one attached hydrogen (secondary N) is 1. The molecule has 0 saturated carbocycles. The Balaban J connectivity index is 2.24. The van der Waals surface area contributed by atoms with Gasteiger partial charge in [-0.05, 0) is 36.0 Å². The van der Waals surface area contributed by atoms with Crippen LogP contribution in [0.1, 0.15) is 43.1 Å². The number of rotatable bonds is 2. The molecule has 1 aromatic carbocycles. The number of hydrogen-bond acceptors (Lipinski definition) is 2. The van der Waals surface area contributed by atoms with Gasteiger partial charge in [0.25, 0.3) is 0 Å². The first kappa shape index (κ1) is 15.4. The standard InChI is InChI=1S/C16H22N2O3/c1-16(2,3)10-17-15(21)18-9-5-7-11-12(14(19)20)6-4-8-13(11)18/h4,6,8H,5,7,9-10H2,1-3H3,(H,17,21)(H,19,20). The maximum absolute atomic E-state index is 12.4. The minimum absolute atomic E-state index is 0.0111. The minimum Gasteiger partial charge on any atom is -0.478 e. The highest BCUT2D eigenvalue weighted by Gasteiger charge is 2.26. The second kappa shape index (κ2) is 5.76. The van der Waals surface area contributed by atoms with Crippen LogP contribution in [0.2, 0.25) is 0 Å². The zero-order valence-corrected chi connectivity index (χ0v) is 12.8. The number of carbonyl (C=O) groups excluding carboxylic acids is 1. The van der Waals surface area contributed by atoms with Crippen LogP contribution in [0.25, 0.3) is 0 Å². The second-order valence-electron chi connectivity index (χ2n) is 6.58. The summed E-state index contributed by atoms with van der Waals surface area (Å²) in [6, 6.07) is 4.95. The predicted molar refractivity (Wildman–Crippen MR) is 81.9 cm³/mol. The molecule has 21 heavy (non-hydrogen) atoms. The average Bonchev–Trinajstić information content (AvgIpc) is 2.42. The summed E-state index contributed by atoms with van der Waals surface area (Å²) >= 11 is 0. The molecule has 2 rings (SSSR count). The van der Waals surface area contributed by atoms with Crippen LogP contribution in [0.5, 0.6) is 0 Å². The van der Waals surface area contributed by atoms with Crippen LogP contribution in [-0.4, -0.2) is 30.2 Å². The number of aromatic carboxylic acids is 1. The average molecular weight is 290 g/mol. The van der Waals surface area contributed by atoms with Crippen molar-refractivity contribution in [3.8, 4) is 0 Å². The number of carbonyl (C=O) groups is 2. The van der Waals surface area contributed by atoms with Crippen molar-refractivity contribution in [2.75, 3.05) is 18.0 Å². The molecule has 1 aromatic rings. The van der Waals surface area contributed by atoms with Gasteiger partial charge in [-0.15, -0.1) is 0 Å². The lowest BCUT2D eigenvalue weighted by atomic mass is 9.96. The van der Waals surface area contributed by atoms with E-state index in [0.717, 1.165) is 12.0 Å². The van der Waals surface area contributed by atoms with Gasteiger partial charge in [-0.3, -0.25) is 4.90 Å². The first-order chi connectivity index (χ1) is 9.79. The van der Waals surface area contributed by atoms with Gasteiger partial charge in [-0.1, -0.05) is 26.8 Å². The van der Waals surface area contributed by atoms with E-state index >= 15 is 0 Å². The Labute approximate surface area is 125 Å². The number of urea groups is 1. The van der Waals surface area contributed by atoms with Crippen LogP contribution in [0.15, 0.2) is 18.2 Å². The lowest BCUT2D eigenvalue weighted by molar-refractivity contribution is 0.0695. The Morgan fingerprint density at radius 1 is 1.33 bits per heavy atom. The van der Waals surface area contributed by atoms with E-state index in [1.54, 1.807) is 17.0 Å². The van der Waals surface area contributed by atoms with Gasteiger partial charge in [0.1, 0.15) is 0 Å². The van der Waals surface area contributed by atoms with Gasteiger partial charge in [-0.25, -0.2) is 9.59 Å². The van der Waals surface area contributed by atoms with E-state index in [0.29, 0.717) is 30.8 Å². The number of carboxylic acids is 1. The number of benzene rings is 1. The fraction of sp³-hybridized carbons (Fsp3) is 0.500. The summed E-state index contributed by atoms with van der Waals surface area (Å²) < 4.78 is 0. The van der Waals surface area contributed by atoms with Crippen LogP contribution in [0, 0.1) is 5.41 Å². The van der Waals surface area contributed by atoms with Gasteiger partial charge in [0.2, 0.25) is 0 Å². The van der Waals surface area contributed by atoms with Crippen LogP contribution in [0.4, 0.5) is 10.5 Å². The number of hydrogen-bond donors (Lipinski definition) is 2. The number of amides is 2. The molecule has 2 amide bonds. The number of carboxylic acid groups (broad SMARTS) is 1. The quantitative estimate of drug-likeness (QED) is 0.880. The van der Waals surface area contributed by atoms with Crippen molar-refractivity contribution < 1.29 is 14.7 Å². The monoisotopic (exact) mass is 290 g/mol. The number of nitrogens with zero attached hydrogens (tertiary/aromatic N) is 1. The molecular formula is C16H22N2O3. The van der Waals surface area contributed by atoms with E-state index in [1.807, 2.05) is 6.07 Å². The summed E-state index contributed by atoms with van der Waals surface area (Å²) in [7, 11) is 0. The first-order valence-corrected chi connectivity index (χ1v) is 7.20. The largest absolute Gasteiger partial charge is 0.478 e. The zero-order chi connectivity index (χ0) is 15.6. The lowest BCUT2D eigenvalue weighted by Gasteiger charge is -2.31. The molecule has 1 aliphatic rings. The number of anilines is 1. The minimum atomic E-state index is -0.941. The van der Waals surface area contributed by atoms with E-state index in [4.69, 9.17) is 0 Å². The van der Waals surface area contributed by atoms with E-state index in [1.165, 1.54) is 0 Å². The molecule has 2 N–H and O–H groups in total. The maximum Gasteiger partial charge on any atom is 0.336 e. The van der Waals surface area contributed by atoms with Gasteiger partial charge in [0, 0.05) is 18.8 Å². The molecule has 5 nitrogen and oxygen atoms in total. The Morgan fingerprint density at radius 3 is 2.67 bits per heavy atom. The van der Waals surface area contributed by atoms with Crippen molar-refractivity contribution in [1.29, 1.82) is 0 Å². The van der Waals surface area contributed by atoms with Gasteiger partial charge in [0.15, 0.2) is 0 Å². The summed E-state index contributed by atoms with van der Waals surface area (Å²) in [6.07, 6.45) is 1.47. The Bertz CT molecular complexity index is 561. The van der Waals surface area contributed by atoms with Crippen LogP contribution < -0.4 is 10.2 Å². The Kier molecular flexibility index (Phi) is 4.21. The number of fused-ring (bicyclic) bond motifs is 1. The molecule has 1 heterocycles. The van der Waals surface area contributed by atoms with Crippen LogP contribution in [0.3, 0.4) is 0 Å². The molecule has 0 aliphatic carbocycles. The molecule has 0 atom stereocenters. The summed E-state index contributed by atoms with van der Waals surface area (Å²) in [4.78, 5) is 25.3. The molecule has 0 fully saturated rings. The highest BCUT2D eigenvalue weighted by molar-refractivity contribution is 5.97. The third-order valence-electron chi connectivity index (χ3n) is 3.50. The fourth-order valence-corrected chi connectivity index (χ4v) is 2.47. The summed E-state index contributed by atoms with van der Waals surface area (Å²) in [5.41, 5.74) is 1.77. The second-order valence-corrected chi connectivity index (χ2v) is 6.58. The molecule has 0 radical (unpaired) electrons. The van der Waals surface area contributed by atoms with E-state index < -0.39 is 5.97 Å². The molecule has 0 bridgehead atoms. The molecule has 0 spiro atoms. The molecular weight excluding hydrogens is 268 g/mol. The van der Waals surface area contributed by atoms with Crippen LogP contribution in [-0.2, 0) is 6.42 Å². The van der Waals surface area contributed by atoms with Crippen molar-refractivity contribution in [2.24, 2.45) is 5.41 Å². The molecule has 114 valence electrons. The summed E-state index contributed by atoms with van der Waals surface area (Å²) in [5, 5.41) is 12.2. The Hall–Kier alpha value is -2.04. The zero-order valence-electron chi connectivity index (χ0n) is 12.8. The first-order valence-electron chi connectivity index (χ1n) is 7.20. The third-order valence-corrected chi connectivity index (χ3v) is 3.50. The van der Waals surface area contributed by atoms with E-state index in [-0.39, 0.29) is 11.4 Å². The molecule has 5 heteroatoms. The fourth-order valence-electron chi connectivity index (χ4n) is 2.47. The van der Waals surface area contributed by atoms with Crippen molar-refractivity contribution in [3.63, 3.8) is 0 Å². The van der Waals surface area contributed by atoms with Gasteiger partial charge in [-0.2, -0.15) is 0 Å². The van der Waals surface area contributed by atoms with Crippen LogP contribution >= 0.6 is 0 Å². The molecule has 0 aromatic heterocycles. The van der Waals surface area contributed by atoms with Gasteiger partial charge in [0.05, 0.1) is 5.56 Å². The lowest BCUT2D eigenvalue weighted by Crippen LogP contribution is -2.45. The maximum atomic E-state index is 12.4. The SMILES string of the molecule is CC(C)(C)CNC(=O)N1CCCc2c(C(=O)O)cccc21. The predicted octanol–water partition coefficient (Wildman–Crippen LogP) is 2.89. The molecule has 0 saturated heterocycles. The van der Waals surface area contributed by atoms with Gasteiger partial charge >= 0.3 is 12.0 Å². The van der Waals surface area contributed by atoms with Crippen molar-refractivity contribution >= 4 is 17.7 Å². The summed E-state index contributed by atoms with van der Waals surface area (Å²) in [6.45, 7) is 7.36. The van der Waals surface area contributed by atoms with E-state index in [2.05, 4.69) is 26.1 Å². The van der Waals surface area contributed by atoms with Crippen molar-refractivity contribution in [3.05, 3.63) is 29.3 Å². The third kappa shape index (κ3) is 3.54. The van der Waals surface area contributed by atoms with Gasteiger partial charge < -0.3 is 10.4 Å². The van der Waals surface area contributed by atoms with E-state index in [9.17, 15) is 14.7 Å². The summed E-state index contributed by atoms with van der Waals surface area (Å²) in [5.74, 6) is -0.941. The highest BCUT2D eigenvalue weighted by Crippen LogP contribution is 2.30. The molecule has 0 unspecified atom stereocenters.